The SMILES string of the molecule is C#CCNC(=O)N(C)C(C)C(=O)O. The Hall–Kier alpha value is -1.70. The highest BCUT2D eigenvalue weighted by atomic mass is 16.4. The first-order chi connectivity index (χ1) is 6.00. The number of nitrogens with zero attached hydrogens (tertiary/aromatic N) is 1. The molecule has 5 nitrogen and oxygen atoms in total. The van der Waals surface area contributed by atoms with E-state index in [1.807, 2.05) is 0 Å². The van der Waals surface area contributed by atoms with Crippen LogP contribution < -0.4 is 5.32 Å². The van der Waals surface area contributed by atoms with E-state index in [1.165, 1.54) is 14.0 Å². The van der Waals surface area contributed by atoms with Crippen LogP contribution in [0.4, 0.5) is 4.79 Å². The number of terminal acetylenes is 1. The predicted molar refractivity (Wildman–Crippen MR) is 47.1 cm³/mol. The molecule has 0 aliphatic carbocycles. The predicted octanol–water partition coefficient (Wildman–Crippen LogP) is -0.266. The topological polar surface area (TPSA) is 69.6 Å². The lowest BCUT2D eigenvalue weighted by atomic mass is 10.3. The number of urea groups is 1. The van der Waals surface area contributed by atoms with Gasteiger partial charge in [0.25, 0.3) is 0 Å². The fourth-order valence-electron chi connectivity index (χ4n) is 0.593. The third kappa shape index (κ3) is 3.47. The van der Waals surface area contributed by atoms with Gasteiger partial charge in [-0.15, -0.1) is 6.42 Å². The molecule has 2 amide bonds. The second kappa shape index (κ2) is 5.04. The lowest BCUT2D eigenvalue weighted by Gasteiger charge is -2.21. The van der Waals surface area contributed by atoms with E-state index in [2.05, 4.69) is 11.2 Å². The van der Waals surface area contributed by atoms with E-state index in [1.54, 1.807) is 0 Å². The molecule has 0 fully saturated rings. The van der Waals surface area contributed by atoms with Crippen molar-refractivity contribution < 1.29 is 14.7 Å². The van der Waals surface area contributed by atoms with Crippen molar-refractivity contribution in [1.82, 2.24) is 10.2 Å². The molecule has 0 aromatic heterocycles. The largest absolute Gasteiger partial charge is 0.480 e. The minimum absolute atomic E-state index is 0.0928. The van der Waals surface area contributed by atoms with Gasteiger partial charge in [-0.3, -0.25) is 0 Å². The van der Waals surface area contributed by atoms with E-state index in [0.29, 0.717) is 0 Å². The number of hydrogen-bond acceptors (Lipinski definition) is 2. The zero-order valence-electron chi connectivity index (χ0n) is 7.57. The van der Waals surface area contributed by atoms with E-state index in [9.17, 15) is 9.59 Å². The monoisotopic (exact) mass is 184 g/mol. The Bertz CT molecular complexity index is 244. The van der Waals surface area contributed by atoms with Crippen LogP contribution in [0.15, 0.2) is 0 Å². The van der Waals surface area contributed by atoms with Crippen molar-refractivity contribution in [3.8, 4) is 12.3 Å². The summed E-state index contributed by atoms with van der Waals surface area (Å²) in [5, 5.41) is 10.9. The summed E-state index contributed by atoms with van der Waals surface area (Å²) in [5.74, 6) is 1.16. The molecule has 72 valence electrons. The van der Waals surface area contributed by atoms with Crippen molar-refractivity contribution in [2.75, 3.05) is 13.6 Å². The van der Waals surface area contributed by atoms with Crippen LogP contribution in [0, 0.1) is 12.3 Å². The number of hydrogen-bond donors (Lipinski definition) is 2. The molecule has 0 saturated carbocycles. The Morgan fingerprint density at radius 1 is 1.69 bits per heavy atom. The van der Waals surface area contributed by atoms with Crippen molar-refractivity contribution in [3.05, 3.63) is 0 Å². The Morgan fingerprint density at radius 2 is 2.23 bits per heavy atom. The van der Waals surface area contributed by atoms with Crippen molar-refractivity contribution in [2.24, 2.45) is 0 Å². The normalized spacial score (nSPS) is 11.2. The Kier molecular flexibility index (Phi) is 4.38. The molecule has 1 unspecified atom stereocenters. The van der Waals surface area contributed by atoms with Crippen LogP contribution in [0.3, 0.4) is 0 Å². The van der Waals surface area contributed by atoms with E-state index in [4.69, 9.17) is 11.5 Å². The molecular weight excluding hydrogens is 172 g/mol. The maximum atomic E-state index is 11.1. The van der Waals surface area contributed by atoms with Crippen molar-refractivity contribution in [3.63, 3.8) is 0 Å². The molecule has 0 heterocycles. The summed E-state index contributed by atoms with van der Waals surface area (Å²) >= 11 is 0. The average molecular weight is 184 g/mol. The van der Waals surface area contributed by atoms with Gasteiger partial charge in [0.15, 0.2) is 0 Å². The summed E-state index contributed by atoms with van der Waals surface area (Å²) in [4.78, 5) is 22.6. The number of carbonyl (C=O) groups excluding carboxylic acids is 1. The molecule has 0 bridgehead atoms. The fraction of sp³-hybridized carbons (Fsp3) is 0.500. The molecule has 0 aromatic carbocycles. The molecule has 0 aliphatic rings. The van der Waals surface area contributed by atoms with Gasteiger partial charge < -0.3 is 15.3 Å². The number of carboxylic acids is 1. The third-order valence-corrected chi connectivity index (χ3v) is 1.60. The summed E-state index contributed by atoms with van der Waals surface area (Å²) in [6.45, 7) is 1.51. The minimum atomic E-state index is -1.06. The number of carboxylic acid groups (broad SMARTS) is 1. The van der Waals surface area contributed by atoms with E-state index in [-0.39, 0.29) is 6.54 Å². The number of rotatable bonds is 3. The number of nitrogens with one attached hydrogen (secondary N) is 1. The molecule has 13 heavy (non-hydrogen) atoms. The van der Waals surface area contributed by atoms with Gasteiger partial charge in [0.2, 0.25) is 0 Å². The summed E-state index contributed by atoms with van der Waals surface area (Å²) in [5.41, 5.74) is 0. The van der Waals surface area contributed by atoms with Crippen molar-refractivity contribution >= 4 is 12.0 Å². The van der Waals surface area contributed by atoms with Gasteiger partial charge in [-0.1, -0.05) is 5.92 Å². The Morgan fingerprint density at radius 3 is 2.62 bits per heavy atom. The summed E-state index contributed by atoms with van der Waals surface area (Å²) in [7, 11) is 1.39. The van der Waals surface area contributed by atoms with Crippen LogP contribution in [0.25, 0.3) is 0 Å². The molecule has 0 rings (SSSR count). The minimum Gasteiger partial charge on any atom is -0.480 e. The first-order valence-corrected chi connectivity index (χ1v) is 3.67. The van der Waals surface area contributed by atoms with E-state index < -0.39 is 18.0 Å². The van der Waals surface area contributed by atoms with Gasteiger partial charge in [-0.05, 0) is 6.92 Å². The van der Waals surface area contributed by atoms with Gasteiger partial charge >= 0.3 is 12.0 Å². The highest BCUT2D eigenvalue weighted by Gasteiger charge is 2.20. The molecule has 2 N–H and O–H groups in total. The van der Waals surface area contributed by atoms with Crippen LogP contribution in [0.2, 0.25) is 0 Å². The lowest BCUT2D eigenvalue weighted by Crippen LogP contribution is -2.45. The highest BCUT2D eigenvalue weighted by Crippen LogP contribution is 1.95. The molecule has 0 aromatic rings. The van der Waals surface area contributed by atoms with Crippen LogP contribution in [-0.2, 0) is 4.79 Å². The fourth-order valence-corrected chi connectivity index (χ4v) is 0.593. The Balaban J connectivity index is 4.11. The second-order valence-corrected chi connectivity index (χ2v) is 2.49. The smallest absolute Gasteiger partial charge is 0.326 e. The van der Waals surface area contributed by atoms with Gasteiger partial charge in [-0.25, -0.2) is 9.59 Å². The molecule has 0 spiro atoms. The van der Waals surface area contributed by atoms with Crippen molar-refractivity contribution in [1.29, 1.82) is 0 Å². The quantitative estimate of drug-likeness (QED) is 0.593. The highest BCUT2D eigenvalue weighted by molar-refractivity contribution is 5.82. The standard InChI is InChI=1S/C8H12N2O3/c1-4-5-9-8(13)10(3)6(2)7(11)12/h1,6H,5H2,2-3H3,(H,9,13)(H,11,12). The van der Waals surface area contributed by atoms with Crippen LogP contribution in [0.5, 0.6) is 0 Å². The zero-order chi connectivity index (χ0) is 10.4. The summed E-state index contributed by atoms with van der Waals surface area (Å²) in [6, 6.07) is -1.36. The molecule has 1 atom stereocenters. The summed E-state index contributed by atoms with van der Waals surface area (Å²) < 4.78 is 0. The first-order valence-electron chi connectivity index (χ1n) is 3.67. The average Bonchev–Trinajstić information content (AvgIpc) is 2.11. The summed E-state index contributed by atoms with van der Waals surface area (Å²) in [6.07, 6.45) is 4.91. The maximum absolute atomic E-state index is 11.1. The molecule has 5 heteroatoms. The molecule has 0 saturated heterocycles. The maximum Gasteiger partial charge on any atom is 0.326 e. The van der Waals surface area contributed by atoms with Gasteiger partial charge in [-0.2, -0.15) is 0 Å². The number of aliphatic carboxylic acids is 1. The van der Waals surface area contributed by atoms with Gasteiger partial charge in [0, 0.05) is 7.05 Å². The molecule has 0 aliphatic heterocycles. The van der Waals surface area contributed by atoms with Crippen LogP contribution in [0.1, 0.15) is 6.92 Å². The zero-order valence-corrected chi connectivity index (χ0v) is 7.57. The first kappa shape index (κ1) is 11.3. The van der Waals surface area contributed by atoms with Crippen LogP contribution >= 0.6 is 0 Å². The Labute approximate surface area is 76.7 Å². The molecular formula is C8H12N2O3. The number of likely N-dealkylation sites (N-methyl/N-ethyl adjacent to an activating group) is 1. The van der Waals surface area contributed by atoms with Gasteiger partial charge in [0.05, 0.1) is 6.54 Å². The lowest BCUT2D eigenvalue weighted by molar-refractivity contribution is -0.141. The van der Waals surface area contributed by atoms with Crippen molar-refractivity contribution in [2.45, 2.75) is 13.0 Å². The van der Waals surface area contributed by atoms with E-state index in [0.717, 1.165) is 4.90 Å². The number of amides is 2. The molecule has 0 radical (unpaired) electrons. The third-order valence-electron chi connectivity index (χ3n) is 1.60. The van der Waals surface area contributed by atoms with Crippen LogP contribution in [-0.4, -0.2) is 41.6 Å². The van der Waals surface area contributed by atoms with Gasteiger partial charge in [0.1, 0.15) is 6.04 Å². The number of carbonyl (C=O) groups is 2. The second-order valence-electron chi connectivity index (χ2n) is 2.49. The van der Waals surface area contributed by atoms with E-state index >= 15 is 0 Å².